The smallest absolute Gasteiger partial charge is 0.470 e. The molecule has 9 atom stereocenters. The number of phosphoric ester groups is 1. The zero-order valence-corrected chi connectivity index (χ0v) is 58.2. The molecule has 0 radical (unpaired) electrons. The summed E-state index contributed by atoms with van der Waals surface area (Å²) in [5.74, 6) is -5.65. The highest BCUT2D eigenvalue weighted by molar-refractivity contribution is 7.46. The molecule has 1 aliphatic rings. The Bertz CT molecular complexity index is 1960. The van der Waals surface area contributed by atoms with Crippen LogP contribution in [0.2, 0.25) is 0 Å². The Morgan fingerprint density at radius 1 is 0.451 bits per heavy atom. The van der Waals surface area contributed by atoms with Crippen LogP contribution in [-0.2, 0) is 71.1 Å². The van der Waals surface area contributed by atoms with Gasteiger partial charge >= 0.3 is 37.7 Å². The van der Waals surface area contributed by atoms with Crippen molar-refractivity contribution in [3.8, 4) is 0 Å². The van der Waals surface area contributed by atoms with Crippen LogP contribution in [0.1, 0.15) is 330 Å². The molecule has 1 rings (SSSR count). The number of esters is 4. The van der Waals surface area contributed by atoms with Crippen molar-refractivity contribution < 1.29 is 91.1 Å². The van der Waals surface area contributed by atoms with Gasteiger partial charge in [0, 0.05) is 19.3 Å². The Balaban J connectivity index is 3.78. The first-order chi connectivity index (χ1) is 43.8. The van der Waals surface area contributed by atoms with E-state index in [-0.39, 0.29) is 32.1 Å². The summed E-state index contributed by atoms with van der Waals surface area (Å²) in [7, 11) is -5.54. The van der Waals surface area contributed by atoms with E-state index in [1.807, 2.05) is 20.8 Å². The van der Waals surface area contributed by atoms with Gasteiger partial charge in [-0.1, -0.05) is 234 Å². The maximum atomic E-state index is 14.6. The van der Waals surface area contributed by atoms with E-state index in [1.165, 1.54) is 44.9 Å². The number of carboxylic acids is 1. The molecule has 22 heteroatoms. The third-order valence-corrected chi connectivity index (χ3v) is 17.2. The normalized spacial score (nSPS) is 18.0. The highest BCUT2D eigenvalue weighted by atomic mass is 31.2. The number of amides is 2. The molecule has 0 spiro atoms. The molecule has 91 heavy (non-hydrogen) atoms. The van der Waals surface area contributed by atoms with Gasteiger partial charge in [-0.2, -0.15) is 0 Å². The molecule has 1 aliphatic heterocycles. The first kappa shape index (κ1) is 85.3. The average molecular weight is 1320 g/mol. The van der Waals surface area contributed by atoms with Crippen molar-refractivity contribution >= 4 is 49.5 Å². The van der Waals surface area contributed by atoms with E-state index in [0.29, 0.717) is 51.4 Å². The number of carbonyl (C=O) groups is 7. The summed E-state index contributed by atoms with van der Waals surface area (Å²) < 4.78 is 54.0. The lowest BCUT2D eigenvalue weighted by molar-refractivity contribution is -0.272. The summed E-state index contributed by atoms with van der Waals surface area (Å²) in [4.78, 5) is 116. The lowest BCUT2D eigenvalue weighted by atomic mass is 9.95. The summed E-state index contributed by atoms with van der Waals surface area (Å²) in [6.45, 7) is 10.6. The van der Waals surface area contributed by atoms with Gasteiger partial charge in [0.25, 0.3) is 0 Å². The van der Waals surface area contributed by atoms with Gasteiger partial charge in [-0.05, 0) is 57.8 Å². The van der Waals surface area contributed by atoms with Gasteiger partial charge in [-0.25, -0.2) is 9.36 Å². The summed E-state index contributed by atoms with van der Waals surface area (Å²) in [6, 6.07) is -3.59. The predicted molar refractivity (Wildman–Crippen MR) is 351 cm³/mol. The number of nitrogens with one attached hydrogen (secondary N) is 2. The Morgan fingerprint density at radius 2 is 0.791 bits per heavy atom. The monoisotopic (exact) mass is 1320 g/mol. The standard InChI is InChI=1S/C69H127N2O19P/c1-7-13-19-22-25-28-31-34-40-43-54(85-61(75)46-37-16-10-4)49-59(73)70-57(68(79)80)53-84-69-65(71-60(74)50-55(86-62(76)47-38-17-11-5)44-41-35-32-29-26-23-20-14-8-2)67(66(58(52-72)88-69)90-91(81,82)83)89-64(78)51-56(87-63(77)48-39-18-12-6)45-42-36-33-30-27-24-21-15-9-3/h54-58,65-67,69,72H,7-53H2,1-6H3,(H,70,73)(H,71,74)(H,79,80)(H2,81,82,83)/t54-,55-,56-,57+,58?,65?,66-,67?,69-/m1/s1. The van der Waals surface area contributed by atoms with Crippen LogP contribution in [0.5, 0.6) is 0 Å². The molecule has 0 aliphatic carbocycles. The summed E-state index contributed by atoms with van der Waals surface area (Å²) in [6.07, 6.45) is 24.1. The molecule has 21 nitrogen and oxygen atoms in total. The molecular weight excluding hydrogens is 1190 g/mol. The van der Waals surface area contributed by atoms with E-state index in [4.69, 9.17) is 32.9 Å². The van der Waals surface area contributed by atoms with Crippen molar-refractivity contribution in [1.29, 1.82) is 0 Å². The van der Waals surface area contributed by atoms with Crippen LogP contribution in [0.4, 0.5) is 0 Å². The van der Waals surface area contributed by atoms with Crippen LogP contribution in [0.15, 0.2) is 0 Å². The minimum absolute atomic E-state index is 0.110. The van der Waals surface area contributed by atoms with Crippen LogP contribution < -0.4 is 10.6 Å². The maximum Gasteiger partial charge on any atom is 0.470 e. The van der Waals surface area contributed by atoms with Crippen LogP contribution in [0, 0.1) is 0 Å². The minimum atomic E-state index is -5.54. The quantitative estimate of drug-likeness (QED) is 0.0143. The number of rotatable bonds is 61. The van der Waals surface area contributed by atoms with Crippen molar-refractivity contribution in [2.45, 2.75) is 385 Å². The molecule has 0 aromatic rings. The van der Waals surface area contributed by atoms with E-state index >= 15 is 0 Å². The fraction of sp³-hybridized carbons (Fsp3) is 0.899. The van der Waals surface area contributed by atoms with Crippen molar-refractivity contribution in [3.63, 3.8) is 0 Å². The number of phosphoric acid groups is 1. The number of carbonyl (C=O) groups excluding carboxylic acids is 6. The molecule has 1 saturated heterocycles. The molecule has 1 fully saturated rings. The number of aliphatic carboxylic acids is 1. The average Bonchev–Trinajstić information content (AvgIpc) is 0.839. The molecule has 0 bridgehead atoms. The van der Waals surface area contributed by atoms with Crippen molar-refractivity contribution in [1.82, 2.24) is 10.6 Å². The van der Waals surface area contributed by atoms with Gasteiger partial charge in [0.05, 0.1) is 32.5 Å². The second-order valence-electron chi connectivity index (χ2n) is 25.3. The molecule has 0 aromatic heterocycles. The van der Waals surface area contributed by atoms with E-state index in [2.05, 4.69) is 31.4 Å². The zero-order chi connectivity index (χ0) is 67.3. The highest BCUT2D eigenvalue weighted by Crippen LogP contribution is 2.42. The number of ether oxygens (including phenoxy) is 6. The Morgan fingerprint density at radius 3 is 1.14 bits per heavy atom. The van der Waals surface area contributed by atoms with Crippen molar-refractivity contribution in [2.75, 3.05) is 13.2 Å². The van der Waals surface area contributed by atoms with Crippen LogP contribution in [0.3, 0.4) is 0 Å². The summed E-state index contributed by atoms with van der Waals surface area (Å²) >= 11 is 0. The van der Waals surface area contributed by atoms with Crippen LogP contribution in [-0.4, -0.2) is 130 Å². The number of aliphatic hydroxyl groups excluding tert-OH is 1. The van der Waals surface area contributed by atoms with Gasteiger partial charge in [-0.15, -0.1) is 0 Å². The van der Waals surface area contributed by atoms with Crippen LogP contribution in [0.25, 0.3) is 0 Å². The minimum Gasteiger partial charge on any atom is -0.480 e. The Labute approximate surface area is 547 Å². The second-order valence-corrected chi connectivity index (χ2v) is 26.5. The molecular formula is C69H127N2O19P. The lowest BCUT2D eigenvalue weighted by Crippen LogP contribution is -2.66. The first-order valence-corrected chi connectivity index (χ1v) is 37.6. The Kier molecular flexibility index (Phi) is 52.1. The van der Waals surface area contributed by atoms with E-state index in [1.54, 1.807) is 0 Å². The van der Waals surface area contributed by atoms with Gasteiger partial charge in [0.1, 0.15) is 36.6 Å². The topological polar surface area (TPSA) is 306 Å². The lowest BCUT2D eigenvalue weighted by Gasteiger charge is -2.45. The molecule has 532 valence electrons. The highest BCUT2D eigenvalue weighted by Gasteiger charge is 2.52. The third-order valence-electron chi connectivity index (χ3n) is 16.7. The van der Waals surface area contributed by atoms with E-state index < -0.39 is 131 Å². The third kappa shape index (κ3) is 45.3. The zero-order valence-electron chi connectivity index (χ0n) is 57.3. The molecule has 1 heterocycles. The number of hydrogen-bond donors (Lipinski definition) is 6. The number of hydrogen-bond acceptors (Lipinski definition) is 16. The fourth-order valence-corrected chi connectivity index (χ4v) is 12.0. The molecule has 2 amide bonds. The summed E-state index contributed by atoms with van der Waals surface area (Å²) in [5, 5.41) is 26.5. The summed E-state index contributed by atoms with van der Waals surface area (Å²) in [5.41, 5.74) is 0. The van der Waals surface area contributed by atoms with Crippen molar-refractivity contribution in [3.05, 3.63) is 0 Å². The van der Waals surface area contributed by atoms with Crippen LogP contribution >= 0.6 is 7.82 Å². The van der Waals surface area contributed by atoms with Gasteiger partial charge in [-0.3, -0.25) is 33.3 Å². The predicted octanol–water partition coefficient (Wildman–Crippen LogP) is 14.6. The SMILES string of the molecule is CCCCCCCCCCC[C@H](CC(=O)NC1C(OC(=O)C[C@@H](CCCCCCCCCCC)OC(=O)CCCCC)[C@H](OP(=O)(O)O)C(CO)O[C@H]1OC[C@H](NC(=O)C[C@@H](CCCCCCCCCCC)OC(=O)CCCCC)C(=O)O)OC(=O)CCCCC. The van der Waals surface area contributed by atoms with Gasteiger partial charge in [0.2, 0.25) is 11.8 Å². The van der Waals surface area contributed by atoms with Gasteiger partial charge < -0.3 is 59.1 Å². The largest absolute Gasteiger partial charge is 0.480 e. The second kappa shape index (κ2) is 55.6. The number of aliphatic hydroxyl groups is 1. The molecule has 6 N–H and O–H groups in total. The maximum absolute atomic E-state index is 14.6. The van der Waals surface area contributed by atoms with Crippen molar-refractivity contribution in [2.24, 2.45) is 0 Å². The van der Waals surface area contributed by atoms with E-state index in [0.717, 1.165) is 148 Å². The molecule has 0 saturated carbocycles. The fourth-order valence-electron chi connectivity index (χ4n) is 11.4. The Hall–Kier alpha value is -3.72. The first-order valence-electron chi connectivity index (χ1n) is 36.1. The number of carboxylic acid groups (broad SMARTS) is 1. The van der Waals surface area contributed by atoms with E-state index in [9.17, 15) is 58.1 Å². The number of unbranched alkanes of at least 4 members (excludes halogenated alkanes) is 30. The molecule has 3 unspecified atom stereocenters. The molecule has 0 aromatic carbocycles. The van der Waals surface area contributed by atoms with Gasteiger partial charge in [0.15, 0.2) is 18.4 Å².